The summed E-state index contributed by atoms with van der Waals surface area (Å²) in [7, 11) is 0. The summed E-state index contributed by atoms with van der Waals surface area (Å²) in [5.41, 5.74) is 1.41. The van der Waals surface area contributed by atoms with Crippen LogP contribution in [0.4, 0.5) is 0 Å². The van der Waals surface area contributed by atoms with E-state index in [1.807, 2.05) is 0 Å². The summed E-state index contributed by atoms with van der Waals surface area (Å²) in [5, 5.41) is 3.67. The molecule has 2 rings (SSSR count). The Morgan fingerprint density at radius 3 is 2.78 bits per heavy atom. The summed E-state index contributed by atoms with van der Waals surface area (Å²) in [5.74, 6) is 0.628. The molecule has 2 unspecified atom stereocenters. The van der Waals surface area contributed by atoms with Crippen LogP contribution in [0.25, 0.3) is 0 Å². The quantitative estimate of drug-likeness (QED) is 0.863. The van der Waals surface area contributed by atoms with Crippen molar-refractivity contribution in [1.82, 2.24) is 5.32 Å². The summed E-state index contributed by atoms with van der Waals surface area (Å²) in [4.78, 5) is 0. The zero-order valence-electron chi connectivity index (χ0n) is 11.6. The van der Waals surface area contributed by atoms with Gasteiger partial charge in [-0.15, -0.1) is 0 Å². The first kappa shape index (κ1) is 13.6. The molecule has 18 heavy (non-hydrogen) atoms. The Labute approximate surface area is 111 Å². The highest BCUT2D eigenvalue weighted by molar-refractivity contribution is 5.14. The van der Waals surface area contributed by atoms with Crippen LogP contribution in [0.3, 0.4) is 0 Å². The van der Waals surface area contributed by atoms with Crippen molar-refractivity contribution in [2.75, 3.05) is 13.2 Å². The molecule has 1 aliphatic rings. The molecule has 0 radical (unpaired) electrons. The number of rotatable bonds is 5. The van der Waals surface area contributed by atoms with Gasteiger partial charge in [0.2, 0.25) is 0 Å². The first-order chi connectivity index (χ1) is 8.75. The van der Waals surface area contributed by atoms with Crippen LogP contribution in [0.5, 0.6) is 0 Å². The molecular weight excluding hydrogens is 222 g/mol. The first-order valence-corrected chi connectivity index (χ1v) is 7.14. The van der Waals surface area contributed by atoms with Crippen LogP contribution < -0.4 is 5.32 Å². The van der Waals surface area contributed by atoms with E-state index in [0.29, 0.717) is 18.1 Å². The SMILES string of the molecule is CC(C)C1CC(NCCc2ccccc2)CCO1. The molecule has 2 atom stereocenters. The van der Waals surface area contributed by atoms with E-state index >= 15 is 0 Å². The van der Waals surface area contributed by atoms with E-state index in [0.717, 1.165) is 32.4 Å². The standard InChI is InChI=1S/C16H25NO/c1-13(2)16-12-15(9-11-18-16)17-10-8-14-6-4-3-5-7-14/h3-7,13,15-17H,8-12H2,1-2H3. The minimum Gasteiger partial charge on any atom is -0.378 e. The maximum absolute atomic E-state index is 5.79. The van der Waals surface area contributed by atoms with Gasteiger partial charge in [0, 0.05) is 12.6 Å². The summed E-state index contributed by atoms with van der Waals surface area (Å²) in [6.45, 7) is 6.47. The fraction of sp³-hybridized carbons (Fsp3) is 0.625. The molecule has 1 aromatic carbocycles. The second-order valence-corrected chi connectivity index (χ2v) is 5.56. The van der Waals surface area contributed by atoms with Gasteiger partial charge in [-0.3, -0.25) is 0 Å². The molecule has 2 nitrogen and oxygen atoms in total. The molecule has 0 aromatic heterocycles. The molecule has 1 fully saturated rings. The maximum Gasteiger partial charge on any atom is 0.0612 e. The van der Waals surface area contributed by atoms with Gasteiger partial charge in [0.15, 0.2) is 0 Å². The smallest absolute Gasteiger partial charge is 0.0612 e. The maximum atomic E-state index is 5.79. The van der Waals surface area contributed by atoms with Gasteiger partial charge in [-0.05, 0) is 37.3 Å². The molecule has 0 saturated carbocycles. The van der Waals surface area contributed by atoms with Crippen molar-refractivity contribution in [3.05, 3.63) is 35.9 Å². The van der Waals surface area contributed by atoms with Gasteiger partial charge in [0.05, 0.1) is 6.10 Å². The number of benzene rings is 1. The predicted molar refractivity (Wildman–Crippen MR) is 75.7 cm³/mol. The van der Waals surface area contributed by atoms with Crippen molar-refractivity contribution in [1.29, 1.82) is 0 Å². The predicted octanol–water partition coefficient (Wildman–Crippen LogP) is 3.02. The van der Waals surface area contributed by atoms with Gasteiger partial charge >= 0.3 is 0 Å². The second kappa shape index (κ2) is 6.91. The zero-order valence-corrected chi connectivity index (χ0v) is 11.6. The van der Waals surface area contributed by atoms with Crippen LogP contribution in [0.2, 0.25) is 0 Å². The normalized spacial score (nSPS) is 24.4. The Bertz CT molecular complexity index is 336. The van der Waals surface area contributed by atoms with E-state index in [2.05, 4.69) is 49.5 Å². The first-order valence-electron chi connectivity index (χ1n) is 7.14. The van der Waals surface area contributed by atoms with Gasteiger partial charge in [0.1, 0.15) is 0 Å². The summed E-state index contributed by atoms with van der Waals surface area (Å²) >= 11 is 0. The molecule has 100 valence electrons. The van der Waals surface area contributed by atoms with Gasteiger partial charge < -0.3 is 10.1 Å². The third-order valence-electron chi connectivity index (χ3n) is 3.75. The highest BCUT2D eigenvalue weighted by atomic mass is 16.5. The average Bonchev–Trinajstić information content (AvgIpc) is 2.40. The van der Waals surface area contributed by atoms with E-state index in [-0.39, 0.29) is 0 Å². The van der Waals surface area contributed by atoms with Gasteiger partial charge in [-0.1, -0.05) is 44.2 Å². The number of hydrogen-bond acceptors (Lipinski definition) is 2. The molecule has 2 heteroatoms. The van der Waals surface area contributed by atoms with Crippen molar-refractivity contribution in [2.24, 2.45) is 5.92 Å². The van der Waals surface area contributed by atoms with E-state index in [1.54, 1.807) is 0 Å². The molecule has 0 amide bonds. The van der Waals surface area contributed by atoms with Crippen molar-refractivity contribution in [3.63, 3.8) is 0 Å². The Hall–Kier alpha value is -0.860. The Morgan fingerprint density at radius 1 is 1.28 bits per heavy atom. The fourth-order valence-corrected chi connectivity index (χ4v) is 2.54. The van der Waals surface area contributed by atoms with E-state index in [9.17, 15) is 0 Å². The highest BCUT2D eigenvalue weighted by Crippen LogP contribution is 2.20. The Balaban J connectivity index is 1.70. The zero-order chi connectivity index (χ0) is 12.8. The third kappa shape index (κ3) is 4.11. The van der Waals surface area contributed by atoms with Gasteiger partial charge in [0.25, 0.3) is 0 Å². The second-order valence-electron chi connectivity index (χ2n) is 5.56. The molecule has 0 aliphatic carbocycles. The molecular formula is C16H25NO. The molecule has 1 N–H and O–H groups in total. The molecule has 1 aliphatic heterocycles. The summed E-state index contributed by atoms with van der Waals surface area (Å²) < 4.78 is 5.79. The molecule has 1 heterocycles. The van der Waals surface area contributed by atoms with Crippen LogP contribution in [0.1, 0.15) is 32.3 Å². The number of hydrogen-bond donors (Lipinski definition) is 1. The molecule has 1 saturated heterocycles. The molecule has 0 spiro atoms. The van der Waals surface area contributed by atoms with Crippen LogP contribution in [0.15, 0.2) is 30.3 Å². The van der Waals surface area contributed by atoms with Crippen LogP contribution in [-0.2, 0) is 11.2 Å². The summed E-state index contributed by atoms with van der Waals surface area (Å²) in [6, 6.07) is 11.3. The van der Waals surface area contributed by atoms with E-state index < -0.39 is 0 Å². The highest BCUT2D eigenvalue weighted by Gasteiger charge is 2.24. The van der Waals surface area contributed by atoms with Crippen molar-refractivity contribution in [2.45, 2.75) is 45.3 Å². The minimum atomic E-state index is 0.438. The van der Waals surface area contributed by atoms with Crippen LogP contribution >= 0.6 is 0 Å². The van der Waals surface area contributed by atoms with E-state index in [4.69, 9.17) is 4.74 Å². The lowest BCUT2D eigenvalue weighted by Crippen LogP contribution is -2.41. The molecule has 1 aromatic rings. The number of nitrogens with one attached hydrogen (secondary N) is 1. The van der Waals surface area contributed by atoms with Crippen LogP contribution in [0, 0.1) is 5.92 Å². The van der Waals surface area contributed by atoms with Crippen LogP contribution in [-0.4, -0.2) is 25.3 Å². The third-order valence-corrected chi connectivity index (χ3v) is 3.75. The lowest BCUT2D eigenvalue weighted by atomic mass is 9.95. The topological polar surface area (TPSA) is 21.3 Å². The lowest BCUT2D eigenvalue weighted by Gasteiger charge is -2.32. The van der Waals surface area contributed by atoms with E-state index in [1.165, 1.54) is 5.56 Å². The molecule has 0 bridgehead atoms. The Kier molecular flexibility index (Phi) is 5.21. The number of ether oxygens (including phenoxy) is 1. The largest absolute Gasteiger partial charge is 0.378 e. The lowest BCUT2D eigenvalue weighted by molar-refractivity contribution is -0.0241. The van der Waals surface area contributed by atoms with Crippen molar-refractivity contribution >= 4 is 0 Å². The minimum absolute atomic E-state index is 0.438. The fourth-order valence-electron chi connectivity index (χ4n) is 2.54. The van der Waals surface area contributed by atoms with Crippen molar-refractivity contribution < 1.29 is 4.74 Å². The average molecular weight is 247 g/mol. The summed E-state index contributed by atoms with van der Waals surface area (Å²) in [6.07, 6.45) is 3.86. The monoisotopic (exact) mass is 247 g/mol. The Morgan fingerprint density at radius 2 is 2.06 bits per heavy atom. The van der Waals surface area contributed by atoms with Crippen molar-refractivity contribution in [3.8, 4) is 0 Å². The van der Waals surface area contributed by atoms with Gasteiger partial charge in [-0.25, -0.2) is 0 Å². The van der Waals surface area contributed by atoms with Gasteiger partial charge in [-0.2, -0.15) is 0 Å².